The highest BCUT2D eigenvalue weighted by Gasteiger charge is 2.17. The molecule has 0 radical (unpaired) electrons. The first-order valence-corrected chi connectivity index (χ1v) is 6.16. The summed E-state index contributed by atoms with van der Waals surface area (Å²) in [5.74, 6) is -2.04. The van der Waals surface area contributed by atoms with Crippen LogP contribution in [0.5, 0.6) is 0 Å². The summed E-state index contributed by atoms with van der Waals surface area (Å²) >= 11 is 0. The molecule has 2 aromatic carbocycles. The van der Waals surface area contributed by atoms with Gasteiger partial charge in [0.25, 0.3) is 5.91 Å². The van der Waals surface area contributed by atoms with Gasteiger partial charge in [-0.1, -0.05) is 24.3 Å². The van der Waals surface area contributed by atoms with Crippen LogP contribution in [0.25, 0.3) is 0 Å². The molecule has 0 aliphatic carbocycles. The molecule has 0 spiro atoms. The minimum atomic E-state index is -1.80. The molecule has 0 aliphatic rings. The fraction of sp³-hybridized carbons (Fsp3) is 0.0714. The largest absolute Gasteiger partial charge is 0.488 e. The standard InChI is InChI=1S/C14H12BF2NO3/c16-12-4-2-1-3-9(12)8-18-14(19)11-7-10(15(20)21)5-6-13(11)17/h1-7,20-21H,8H2,(H,18,19). The van der Waals surface area contributed by atoms with Crippen molar-refractivity contribution in [2.75, 3.05) is 0 Å². The van der Waals surface area contributed by atoms with Crippen molar-refractivity contribution in [1.29, 1.82) is 0 Å². The van der Waals surface area contributed by atoms with Crippen molar-refractivity contribution in [3.63, 3.8) is 0 Å². The summed E-state index contributed by atoms with van der Waals surface area (Å²) < 4.78 is 27.0. The van der Waals surface area contributed by atoms with Gasteiger partial charge in [-0.25, -0.2) is 8.78 Å². The molecule has 0 saturated carbocycles. The predicted octanol–water partition coefficient (Wildman–Crippen LogP) is 0.575. The Morgan fingerprint density at radius 3 is 2.48 bits per heavy atom. The average Bonchev–Trinajstić information content (AvgIpc) is 2.46. The molecule has 0 unspecified atom stereocenters. The number of nitrogens with one attached hydrogen (secondary N) is 1. The van der Waals surface area contributed by atoms with Crippen LogP contribution in [0.1, 0.15) is 15.9 Å². The third kappa shape index (κ3) is 3.65. The Bertz CT molecular complexity index is 664. The number of rotatable bonds is 4. The SMILES string of the molecule is O=C(NCc1ccccc1F)c1cc(B(O)O)ccc1F. The molecule has 21 heavy (non-hydrogen) atoms. The quantitative estimate of drug-likeness (QED) is 0.722. The van der Waals surface area contributed by atoms with E-state index in [-0.39, 0.29) is 23.1 Å². The van der Waals surface area contributed by atoms with E-state index in [0.717, 1.165) is 18.2 Å². The lowest BCUT2D eigenvalue weighted by atomic mass is 9.79. The maximum Gasteiger partial charge on any atom is 0.488 e. The first-order chi connectivity index (χ1) is 9.99. The van der Waals surface area contributed by atoms with Crippen molar-refractivity contribution < 1.29 is 23.6 Å². The van der Waals surface area contributed by atoms with Crippen molar-refractivity contribution in [3.8, 4) is 0 Å². The highest BCUT2D eigenvalue weighted by Crippen LogP contribution is 2.08. The number of hydrogen-bond donors (Lipinski definition) is 3. The van der Waals surface area contributed by atoms with Gasteiger partial charge in [-0.05, 0) is 23.7 Å². The van der Waals surface area contributed by atoms with E-state index in [2.05, 4.69) is 5.32 Å². The zero-order chi connectivity index (χ0) is 15.4. The van der Waals surface area contributed by atoms with Crippen LogP contribution in [0.3, 0.4) is 0 Å². The molecule has 7 heteroatoms. The lowest BCUT2D eigenvalue weighted by molar-refractivity contribution is 0.0946. The molecule has 0 bridgehead atoms. The monoisotopic (exact) mass is 291 g/mol. The van der Waals surface area contributed by atoms with E-state index in [9.17, 15) is 13.6 Å². The summed E-state index contributed by atoms with van der Waals surface area (Å²) in [6, 6.07) is 9.06. The minimum absolute atomic E-state index is 0.00700. The molecule has 1 amide bonds. The molecule has 0 aliphatic heterocycles. The van der Waals surface area contributed by atoms with Gasteiger partial charge in [-0.2, -0.15) is 0 Å². The van der Waals surface area contributed by atoms with E-state index in [0.29, 0.717) is 0 Å². The van der Waals surface area contributed by atoms with Crippen LogP contribution in [0, 0.1) is 11.6 Å². The smallest absolute Gasteiger partial charge is 0.423 e. The number of carbonyl (C=O) groups is 1. The Morgan fingerprint density at radius 2 is 1.81 bits per heavy atom. The normalized spacial score (nSPS) is 10.3. The van der Waals surface area contributed by atoms with Gasteiger partial charge in [0.2, 0.25) is 0 Å². The third-order valence-corrected chi connectivity index (χ3v) is 2.93. The lowest BCUT2D eigenvalue weighted by Gasteiger charge is -2.08. The summed E-state index contributed by atoms with van der Waals surface area (Å²) in [7, 11) is -1.80. The van der Waals surface area contributed by atoms with E-state index in [1.807, 2.05) is 0 Å². The number of amides is 1. The molecule has 4 nitrogen and oxygen atoms in total. The second-order valence-electron chi connectivity index (χ2n) is 4.39. The van der Waals surface area contributed by atoms with Gasteiger partial charge in [0, 0.05) is 12.1 Å². The summed E-state index contributed by atoms with van der Waals surface area (Å²) in [6.07, 6.45) is 0. The number of carbonyl (C=O) groups excluding carboxylic acids is 1. The average molecular weight is 291 g/mol. The molecule has 0 aromatic heterocycles. The fourth-order valence-electron chi connectivity index (χ4n) is 1.79. The van der Waals surface area contributed by atoms with Crippen molar-refractivity contribution in [2.45, 2.75) is 6.54 Å². The molecular weight excluding hydrogens is 279 g/mol. The zero-order valence-electron chi connectivity index (χ0n) is 10.9. The van der Waals surface area contributed by atoms with Crippen LogP contribution in [0.2, 0.25) is 0 Å². The molecule has 2 rings (SSSR count). The van der Waals surface area contributed by atoms with Gasteiger partial charge in [0.1, 0.15) is 11.6 Å². The van der Waals surface area contributed by atoms with E-state index in [1.165, 1.54) is 18.2 Å². The van der Waals surface area contributed by atoms with Gasteiger partial charge >= 0.3 is 7.12 Å². The molecule has 0 fully saturated rings. The Balaban J connectivity index is 2.14. The van der Waals surface area contributed by atoms with Crippen LogP contribution in [0.4, 0.5) is 8.78 Å². The van der Waals surface area contributed by atoms with E-state index < -0.39 is 24.7 Å². The van der Waals surface area contributed by atoms with Gasteiger partial charge in [-0.15, -0.1) is 0 Å². The van der Waals surface area contributed by atoms with E-state index >= 15 is 0 Å². The summed E-state index contributed by atoms with van der Waals surface area (Å²) in [4.78, 5) is 11.9. The Morgan fingerprint density at radius 1 is 1.10 bits per heavy atom. The van der Waals surface area contributed by atoms with Crippen molar-refractivity contribution in [3.05, 3.63) is 65.2 Å². The van der Waals surface area contributed by atoms with E-state index in [4.69, 9.17) is 10.0 Å². The molecule has 108 valence electrons. The zero-order valence-corrected chi connectivity index (χ0v) is 10.9. The third-order valence-electron chi connectivity index (χ3n) is 2.93. The first-order valence-electron chi connectivity index (χ1n) is 6.16. The lowest BCUT2D eigenvalue weighted by Crippen LogP contribution is -2.32. The van der Waals surface area contributed by atoms with Crippen molar-refractivity contribution in [1.82, 2.24) is 5.32 Å². The van der Waals surface area contributed by atoms with E-state index in [1.54, 1.807) is 6.07 Å². The highest BCUT2D eigenvalue weighted by atomic mass is 19.1. The van der Waals surface area contributed by atoms with Crippen molar-refractivity contribution in [2.24, 2.45) is 0 Å². The van der Waals surface area contributed by atoms with Crippen LogP contribution in [0.15, 0.2) is 42.5 Å². The highest BCUT2D eigenvalue weighted by molar-refractivity contribution is 6.58. The number of halogens is 2. The predicted molar refractivity (Wildman–Crippen MR) is 73.8 cm³/mol. The summed E-state index contributed by atoms with van der Waals surface area (Å²) in [5.41, 5.74) is -0.0750. The topological polar surface area (TPSA) is 69.6 Å². The maximum atomic E-state index is 13.6. The minimum Gasteiger partial charge on any atom is -0.423 e. The number of benzene rings is 2. The molecule has 0 atom stereocenters. The maximum absolute atomic E-state index is 13.6. The summed E-state index contributed by atoms with van der Waals surface area (Å²) in [6.45, 7) is -0.100. The second-order valence-corrected chi connectivity index (χ2v) is 4.39. The molecule has 3 N–H and O–H groups in total. The van der Waals surface area contributed by atoms with Crippen LogP contribution in [-0.2, 0) is 6.54 Å². The van der Waals surface area contributed by atoms with Crippen LogP contribution in [-0.4, -0.2) is 23.1 Å². The summed E-state index contributed by atoms with van der Waals surface area (Å²) in [5, 5.41) is 20.4. The van der Waals surface area contributed by atoms with Crippen LogP contribution >= 0.6 is 0 Å². The Labute approximate surface area is 120 Å². The molecule has 2 aromatic rings. The number of hydrogen-bond acceptors (Lipinski definition) is 3. The second kappa shape index (κ2) is 6.47. The van der Waals surface area contributed by atoms with Gasteiger partial charge in [0.15, 0.2) is 0 Å². The Kier molecular flexibility index (Phi) is 4.67. The fourth-order valence-corrected chi connectivity index (χ4v) is 1.79. The molecule has 0 saturated heterocycles. The Hall–Kier alpha value is -2.25. The first kappa shape index (κ1) is 15.1. The molecular formula is C14H12BF2NO3. The van der Waals surface area contributed by atoms with Crippen molar-refractivity contribution >= 4 is 18.5 Å². The van der Waals surface area contributed by atoms with Gasteiger partial charge in [0.05, 0.1) is 5.56 Å². The van der Waals surface area contributed by atoms with Gasteiger partial charge < -0.3 is 15.4 Å². The molecule has 0 heterocycles. The van der Waals surface area contributed by atoms with Crippen LogP contribution < -0.4 is 10.8 Å². The van der Waals surface area contributed by atoms with Gasteiger partial charge in [-0.3, -0.25) is 4.79 Å².